The minimum atomic E-state index is -0.658. The molecule has 0 aliphatic carbocycles. The van der Waals surface area contributed by atoms with E-state index in [0.717, 1.165) is 6.07 Å². The van der Waals surface area contributed by atoms with Crippen LogP contribution in [0, 0.1) is 17.1 Å². The van der Waals surface area contributed by atoms with Gasteiger partial charge < -0.3 is 0 Å². The van der Waals surface area contributed by atoms with Crippen molar-refractivity contribution < 1.29 is 9.18 Å². The zero-order valence-corrected chi connectivity index (χ0v) is 8.72. The first-order valence-electron chi connectivity index (χ1n) is 4.48. The van der Waals surface area contributed by atoms with Gasteiger partial charge in [0.25, 0.3) is 0 Å². The number of hydrogen-bond donors (Lipinski definition) is 0. The average molecular weight is 226 g/mol. The zero-order chi connectivity index (χ0) is 11.3. The molecule has 2 nitrogen and oxygen atoms in total. The Bertz CT molecular complexity index is 412. The van der Waals surface area contributed by atoms with Crippen molar-refractivity contribution in [2.24, 2.45) is 0 Å². The van der Waals surface area contributed by atoms with Gasteiger partial charge in [-0.3, -0.25) is 4.79 Å². The number of Topliss-reactive ketones (excluding diaryl/α,β-unsaturated/α-hetero) is 1. The summed E-state index contributed by atoms with van der Waals surface area (Å²) in [7, 11) is 0. The Morgan fingerprint density at radius 1 is 1.53 bits per heavy atom. The second-order valence-corrected chi connectivity index (χ2v) is 3.40. The highest BCUT2D eigenvalue weighted by Gasteiger charge is 2.08. The van der Waals surface area contributed by atoms with Crippen molar-refractivity contribution in [3.63, 3.8) is 0 Å². The Kier molecular flexibility index (Phi) is 4.26. The Labute approximate surface area is 92.3 Å². The Morgan fingerprint density at radius 3 is 2.80 bits per heavy atom. The monoisotopic (exact) mass is 225 g/mol. The molecule has 0 N–H and O–H groups in total. The number of nitrogens with zero attached hydrogens (tertiary/aromatic N) is 1. The molecule has 0 atom stereocenters. The molecule has 1 aromatic rings. The molecule has 0 spiro atoms. The lowest BCUT2D eigenvalue weighted by atomic mass is 10.1. The summed E-state index contributed by atoms with van der Waals surface area (Å²) in [6.45, 7) is 0. The van der Waals surface area contributed by atoms with Gasteiger partial charge in [-0.25, -0.2) is 4.39 Å². The van der Waals surface area contributed by atoms with Crippen LogP contribution in [0.2, 0.25) is 0 Å². The predicted octanol–water partition coefficient (Wildman–Crippen LogP) is 2.90. The molecule has 1 aromatic carbocycles. The summed E-state index contributed by atoms with van der Waals surface area (Å²) in [6, 6.07) is 5.55. The third-order valence-electron chi connectivity index (χ3n) is 1.95. The second-order valence-electron chi connectivity index (χ2n) is 3.02. The molecule has 0 fully saturated rings. The molecule has 0 saturated carbocycles. The number of halogens is 2. The van der Waals surface area contributed by atoms with Crippen LogP contribution in [0.3, 0.4) is 0 Å². The fraction of sp³-hybridized carbons (Fsp3) is 0.273. The van der Waals surface area contributed by atoms with E-state index in [0.29, 0.717) is 18.7 Å². The molecular weight excluding hydrogens is 217 g/mol. The van der Waals surface area contributed by atoms with Crippen molar-refractivity contribution in [3.05, 3.63) is 35.1 Å². The van der Waals surface area contributed by atoms with Crippen molar-refractivity contribution >= 4 is 17.4 Å². The summed E-state index contributed by atoms with van der Waals surface area (Å²) in [6.07, 6.45) is 0.872. The van der Waals surface area contributed by atoms with Crippen LogP contribution >= 0.6 is 11.6 Å². The third-order valence-corrected chi connectivity index (χ3v) is 2.22. The normalized spacial score (nSPS) is 9.67. The highest BCUT2D eigenvalue weighted by Crippen LogP contribution is 2.12. The highest BCUT2D eigenvalue weighted by molar-refractivity contribution is 6.18. The SMILES string of the molecule is N#Cc1ccc(C(=O)CCCCl)cc1F. The zero-order valence-electron chi connectivity index (χ0n) is 7.96. The summed E-state index contributed by atoms with van der Waals surface area (Å²) in [5.74, 6) is -0.405. The van der Waals surface area contributed by atoms with Crippen molar-refractivity contribution in [2.45, 2.75) is 12.8 Å². The van der Waals surface area contributed by atoms with E-state index in [1.165, 1.54) is 12.1 Å². The maximum absolute atomic E-state index is 13.1. The quantitative estimate of drug-likeness (QED) is 0.584. The van der Waals surface area contributed by atoms with Crippen molar-refractivity contribution in [1.82, 2.24) is 0 Å². The Hall–Kier alpha value is -1.40. The molecule has 4 heteroatoms. The van der Waals surface area contributed by atoms with Gasteiger partial charge in [-0.2, -0.15) is 5.26 Å². The average Bonchev–Trinajstić information content (AvgIpc) is 2.25. The number of benzene rings is 1. The van der Waals surface area contributed by atoms with E-state index in [9.17, 15) is 9.18 Å². The maximum Gasteiger partial charge on any atom is 0.163 e. The summed E-state index contributed by atoms with van der Waals surface area (Å²) in [4.78, 5) is 11.4. The second kappa shape index (κ2) is 5.47. The lowest BCUT2D eigenvalue weighted by molar-refractivity contribution is 0.0981. The first kappa shape index (κ1) is 11.7. The van der Waals surface area contributed by atoms with Gasteiger partial charge in [0, 0.05) is 17.9 Å². The highest BCUT2D eigenvalue weighted by atomic mass is 35.5. The van der Waals surface area contributed by atoms with E-state index >= 15 is 0 Å². The molecule has 78 valence electrons. The third kappa shape index (κ3) is 3.03. The molecule has 0 aliphatic heterocycles. The Morgan fingerprint density at radius 2 is 2.27 bits per heavy atom. The minimum absolute atomic E-state index is 0.0520. The van der Waals surface area contributed by atoms with Crippen LogP contribution in [0.15, 0.2) is 18.2 Å². The number of nitriles is 1. The van der Waals surface area contributed by atoms with Gasteiger partial charge in [0.2, 0.25) is 0 Å². The summed E-state index contributed by atoms with van der Waals surface area (Å²) in [5.41, 5.74) is 0.237. The molecule has 0 aromatic heterocycles. The van der Waals surface area contributed by atoms with E-state index in [1.807, 2.05) is 0 Å². The first-order valence-corrected chi connectivity index (χ1v) is 5.01. The number of rotatable bonds is 4. The molecule has 0 aliphatic rings. The molecule has 0 heterocycles. The van der Waals surface area contributed by atoms with Crippen LogP contribution in [0.5, 0.6) is 0 Å². The fourth-order valence-electron chi connectivity index (χ4n) is 1.15. The summed E-state index contributed by atoms with van der Waals surface area (Å²) < 4.78 is 13.1. The smallest absolute Gasteiger partial charge is 0.163 e. The summed E-state index contributed by atoms with van der Waals surface area (Å²) in [5, 5.41) is 8.50. The van der Waals surface area contributed by atoms with Crippen LogP contribution in [-0.4, -0.2) is 11.7 Å². The number of hydrogen-bond acceptors (Lipinski definition) is 2. The molecule has 0 amide bonds. The molecule has 0 unspecified atom stereocenters. The van der Waals surface area contributed by atoms with Gasteiger partial charge in [0.1, 0.15) is 11.9 Å². The molecule has 0 bridgehead atoms. The van der Waals surface area contributed by atoms with E-state index < -0.39 is 5.82 Å². The molecule has 0 saturated heterocycles. The lowest BCUT2D eigenvalue weighted by Gasteiger charge is -2.00. The van der Waals surface area contributed by atoms with Gasteiger partial charge in [-0.15, -0.1) is 11.6 Å². The van der Waals surface area contributed by atoms with Crippen LogP contribution < -0.4 is 0 Å². The van der Waals surface area contributed by atoms with E-state index in [4.69, 9.17) is 16.9 Å². The lowest BCUT2D eigenvalue weighted by Crippen LogP contribution is -2.00. The molecular formula is C11H9ClFNO. The van der Waals surface area contributed by atoms with Gasteiger partial charge in [0.05, 0.1) is 5.56 Å². The van der Waals surface area contributed by atoms with Crippen molar-refractivity contribution in [1.29, 1.82) is 5.26 Å². The van der Waals surface area contributed by atoms with Gasteiger partial charge in [-0.1, -0.05) is 0 Å². The molecule has 1 rings (SSSR count). The Balaban J connectivity index is 2.84. The topological polar surface area (TPSA) is 40.9 Å². The number of carbonyl (C=O) groups is 1. The predicted molar refractivity (Wildman–Crippen MR) is 55.4 cm³/mol. The van der Waals surface area contributed by atoms with Crippen LogP contribution in [0.1, 0.15) is 28.8 Å². The standard InChI is InChI=1S/C11H9ClFNO/c12-5-1-2-11(15)8-3-4-9(7-14)10(13)6-8/h3-4,6H,1-2,5H2. The van der Waals surface area contributed by atoms with Crippen molar-refractivity contribution in [3.8, 4) is 6.07 Å². The molecule has 15 heavy (non-hydrogen) atoms. The van der Waals surface area contributed by atoms with Gasteiger partial charge in [-0.05, 0) is 24.6 Å². The maximum atomic E-state index is 13.1. The van der Waals surface area contributed by atoms with E-state index in [-0.39, 0.29) is 16.9 Å². The van der Waals surface area contributed by atoms with E-state index in [2.05, 4.69) is 0 Å². The fourth-order valence-corrected chi connectivity index (χ4v) is 1.28. The summed E-state index contributed by atoms with van der Waals surface area (Å²) >= 11 is 5.44. The van der Waals surface area contributed by atoms with Crippen molar-refractivity contribution in [2.75, 3.05) is 5.88 Å². The number of ketones is 1. The minimum Gasteiger partial charge on any atom is -0.294 e. The number of alkyl halides is 1. The number of carbonyl (C=O) groups excluding carboxylic acids is 1. The van der Waals surface area contributed by atoms with Gasteiger partial charge >= 0.3 is 0 Å². The van der Waals surface area contributed by atoms with Crippen LogP contribution in [0.4, 0.5) is 4.39 Å². The van der Waals surface area contributed by atoms with Crippen LogP contribution in [0.25, 0.3) is 0 Å². The largest absolute Gasteiger partial charge is 0.294 e. The van der Waals surface area contributed by atoms with Gasteiger partial charge in [0.15, 0.2) is 5.78 Å². The van der Waals surface area contributed by atoms with E-state index in [1.54, 1.807) is 6.07 Å². The van der Waals surface area contributed by atoms with Crippen LogP contribution in [-0.2, 0) is 0 Å². The first-order chi connectivity index (χ1) is 7.19. The molecule has 0 radical (unpaired) electrons.